The van der Waals surface area contributed by atoms with Crippen molar-refractivity contribution in [2.24, 2.45) is 0 Å². The lowest BCUT2D eigenvalue weighted by Gasteiger charge is -2.18. The Labute approximate surface area is 177 Å². The number of ether oxygens (including phenoxy) is 2. The fourth-order valence-electron chi connectivity index (χ4n) is 3.39. The summed E-state index contributed by atoms with van der Waals surface area (Å²) in [6, 6.07) is 7.37. The van der Waals surface area contributed by atoms with E-state index in [0.29, 0.717) is 42.4 Å². The first-order chi connectivity index (χ1) is 14.3. The highest BCUT2D eigenvalue weighted by atomic mass is 16.5. The van der Waals surface area contributed by atoms with E-state index in [9.17, 15) is 14.9 Å². The Morgan fingerprint density at radius 1 is 1.20 bits per heavy atom. The smallest absolute Gasteiger partial charge is 0.266 e. The number of rotatable bonds is 9. The number of amides is 1. The molecule has 1 amide bonds. The van der Waals surface area contributed by atoms with Gasteiger partial charge in [0.25, 0.3) is 5.56 Å². The van der Waals surface area contributed by atoms with Gasteiger partial charge in [0.15, 0.2) is 11.5 Å². The maximum atomic E-state index is 12.5. The van der Waals surface area contributed by atoms with Gasteiger partial charge in [-0.2, -0.15) is 5.26 Å². The third-order valence-electron chi connectivity index (χ3n) is 4.97. The van der Waals surface area contributed by atoms with E-state index in [1.165, 1.54) is 0 Å². The van der Waals surface area contributed by atoms with Crippen molar-refractivity contribution in [2.75, 3.05) is 13.2 Å². The maximum absolute atomic E-state index is 12.5. The molecule has 1 aromatic heterocycles. The van der Waals surface area contributed by atoms with Crippen LogP contribution in [0.15, 0.2) is 23.0 Å². The van der Waals surface area contributed by atoms with E-state index >= 15 is 0 Å². The van der Waals surface area contributed by atoms with E-state index in [1.54, 1.807) is 13.8 Å². The summed E-state index contributed by atoms with van der Waals surface area (Å²) in [5, 5.41) is 12.2. The fraction of sp³-hybridized carbons (Fsp3) is 0.435. The van der Waals surface area contributed by atoms with Gasteiger partial charge in [-0.25, -0.2) is 0 Å². The van der Waals surface area contributed by atoms with Crippen LogP contribution in [0.2, 0.25) is 0 Å². The molecule has 0 aliphatic heterocycles. The Bertz CT molecular complexity index is 1000. The summed E-state index contributed by atoms with van der Waals surface area (Å²) in [5.74, 6) is 1.22. The summed E-state index contributed by atoms with van der Waals surface area (Å²) < 4.78 is 11.2. The van der Waals surface area contributed by atoms with E-state index in [0.717, 1.165) is 11.1 Å². The first-order valence-corrected chi connectivity index (χ1v) is 10.1. The quantitative estimate of drug-likeness (QED) is 0.657. The Kier molecular flexibility index (Phi) is 8.05. The number of nitrogens with zero attached hydrogens (tertiary/aromatic N) is 1. The normalized spacial score (nSPS) is 11.5. The zero-order valence-corrected chi connectivity index (χ0v) is 18.2. The van der Waals surface area contributed by atoms with Crippen LogP contribution in [-0.2, 0) is 11.2 Å². The average Bonchev–Trinajstić information content (AvgIpc) is 2.69. The van der Waals surface area contributed by atoms with Gasteiger partial charge in [0.2, 0.25) is 5.91 Å². The van der Waals surface area contributed by atoms with Crippen LogP contribution in [0.25, 0.3) is 0 Å². The molecule has 7 heteroatoms. The van der Waals surface area contributed by atoms with Crippen LogP contribution in [0.3, 0.4) is 0 Å². The SMILES string of the molecule is CCOc1ccc(C(C)NC(=O)CCc2c(C)[nH]c(=O)c(C#N)c2C)cc1OCC. The molecular weight excluding hydrogens is 382 g/mol. The highest BCUT2D eigenvalue weighted by Gasteiger charge is 2.16. The number of pyridine rings is 1. The number of H-pyrrole nitrogens is 1. The highest BCUT2D eigenvalue weighted by molar-refractivity contribution is 5.76. The second-order valence-corrected chi connectivity index (χ2v) is 7.03. The number of nitrogens with one attached hydrogen (secondary N) is 2. The average molecular weight is 412 g/mol. The molecule has 7 nitrogen and oxygen atoms in total. The first kappa shape index (κ1) is 23.0. The molecule has 0 saturated heterocycles. The molecule has 0 spiro atoms. The predicted molar refractivity (Wildman–Crippen MR) is 115 cm³/mol. The number of hydrogen-bond acceptors (Lipinski definition) is 5. The molecule has 1 heterocycles. The van der Waals surface area contributed by atoms with Gasteiger partial charge in [0.1, 0.15) is 11.6 Å². The van der Waals surface area contributed by atoms with Gasteiger partial charge in [0.05, 0.1) is 19.3 Å². The first-order valence-electron chi connectivity index (χ1n) is 10.1. The molecule has 0 aliphatic rings. The van der Waals surface area contributed by atoms with Crippen molar-refractivity contribution in [3.63, 3.8) is 0 Å². The van der Waals surface area contributed by atoms with Crippen LogP contribution < -0.4 is 20.3 Å². The van der Waals surface area contributed by atoms with Crippen LogP contribution in [0.5, 0.6) is 11.5 Å². The van der Waals surface area contributed by atoms with Crippen molar-refractivity contribution in [2.45, 2.75) is 53.5 Å². The van der Waals surface area contributed by atoms with Crippen LogP contribution in [0.4, 0.5) is 0 Å². The maximum Gasteiger partial charge on any atom is 0.266 e. The third-order valence-corrected chi connectivity index (χ3v) is 4.97. The van der Waals surface area contributed by atoms with Gasteiger partial charge in [-0.3, -0.25) is 9.59 Å². The van der Waals surface area contributed by atoms with Crippen molar-refractivity contribution < 1.29 is 14.3 Å². The zero-order valence-electron chi connectivity index (χ0n) is 18.2. The van der Waals surface area contributed by atoms with Gasteiger partial charge in [-0.1, -0.05) is 6.07 Å². The van der Waals surface area contributed by atoms with E-state index < -0.39 is 5.56 Å². The molecule has 2 aromatic rings. The lowest BCUT2D eigenvalue weighted by Crippen LogP contribution is -2.27. The summed E-state index contributed by atoms with van der Waals surface area (Å²) >= 11 is 0. The molecule has 0 fully saturated rings. The molecule has 1 unspecified atom stereocenters. The molecule has 0 saturated carbocycles. The van der Waals surface area contributed by atoms with Crippen LogP contribution in [-0.4, -0.2) is 24.1 Å². The van der Waals surface area contributed by atoms with Crippen LogP contribution in [0.1, 0.15) is 61.2 Å². The molecule has 2 N–H and O–H groups in total. The lowest BCUT2D eigenvalue weighted by atomic mass is 9.99. The molecule has 0 radical (unpaired) electrons. The van der Waals surface area contributed by atoms with Crippen molar-refractivity contribution in [1.82, 2.24) is 10.3 Å². The number of carbonyl (C=O) groups is 1. The number of aromatic amines is 1. The van der Waals surface area contributed by atoms with Crippen molar-refractivity contribution >= 4 is 5.91 Å². The molecule has 1 atom stereocenters. The predicted octanol–water partition coefficient (Wildman–Crippen LogP) is 3.47. The van der Waals surface area contributed by atoms with Crippen molar-refractivity contribution in [3.05, 3.63) is 56.5 Å². The van der Waals surface area contributed by atoms with E-state index in [4.69, 9.17) is 9.47 Å². The number of aromatic nitrogens is 1. The summed E-state index contributed by atoms with van der Waals surface area (Å²) in [6.07, 6.45) is 0.688. The minimum absolute atomic E-state index is 0.0993. The second kappa shape index (κ2) is 10.5. The van der Waals surface area contributed by atoms with E-state index in [-0.39, 0.29) is 23.9 Å². The largest absolute Gasteiger partial charge is 0.490 e. The summed E-state index contributed by atoms with van der Waals surface area (Å²) in [6.45, 7) is 10.3. The zero-order chi connectivity index (χ0) is 22.3. The van der Waals surface area contributed by atoms with Gasteiger partial charge in [-0.05, 0) is 69.9 Å². The minimum atomic E-state index is -0.394. The molecule has 0 aliphatic carbocycles. The Hall–Kier alpha value is -3.27. The van der Waals surface area contributed by atoms with Crippen LogP contribution >= 0.6 is 0 Å². The molecule has 2 rings (SSSR count). The van der Waals surface area contributed by atoms with E-state index in [1.807, 2.05) is 45.0 Å². The number of hydrogen-bond donors (Lipinski definition) is 2. The lowest BCUT2D eigenvalue weighted by molar-refractivity contribution is -0.121. The summed E-state index contributed by atoms with van der Waals surface area (Å²) in [5.41, 5.74) is 2.77. The van der Waals surface area contributed by atoms with Gasteiger partial charge < -0.3 is 19.8 Å². The molecule has 30 heavy (non-hydrogen) atoms. The molecule has 160 valence electrons. The third kappa shape index (κ3) is 5.41. The van der Waals surface area contributed by atoms with E-state index in [2.05, 4.69) is 10.3 Å². The fourth-order valence-corrected chi connectivity index (χ4v) is 3.39. The van der Waals surface area contributed by atoms with Gasteiger partial charge in [-0.15, -0.1) is 0 Å². The monoisotopic (exact) mass is 411 g/mol. The van der Waals surface area contributed by atoms with Crippen molar-refractivity contribution in [3.8, 4) is 17.6 Å². The standard InChI is InChI=1S/C23H29N3O4/c1-6-29-20-10-8-17(12-21(20)30-7-2)15(4)25-22(27)11-9-18-14(3)19(13-24)23(28)26-16(18)5/h8,10,12,15H,6-7,9,11H2,1-5H3,(H,25,27)(H,26,28). The number of carbonyl (C=O) groups excluding carboxylic acids is 1. The van der Waals surface area contributed by atoms with Gasteiger partial charge in [0, 0.05) is 12.1 Å². The Morgan fingerprint density at radius 3 is 2.50 bits per heavy atom. The number of nitriles is 1. The topological polar surface area (TPSA) is 104 Å². The van der Waals surface area contributed by atoms with Crippen molar-refractivity contribution in [1.29, 1.82) is 5.26 Å². The molecule has 1 aromatic carbocycles. The second-order valence-electron chi connectivity index (χ2n) is 7.03. The number of aryl methyl sites for hydroxylation is 1. The van der Waals surface area contributed by atoms with Crippen LogP contribution in [0, 0.1) is 25.2 Å². The molecular formula is C23H29N3O4. The molecule has 0 bridgehead atoms. The summed E-state index contributed by atoms with van der Waals surface area (Å²) in [4.78, 5) is 27.1. The van der Waals surface area contributed by atoms with Gasteiger partial charge >= 0.3 is 0 Å². The highest BCUT2D eigenvalue weighted by Crippen LogP contribution is 2.30. The Balaban J connectivity index is 2.08. The minimum Gasteiger partial charge on any atom is -0.490 e. The Morgan fingerprint density at radius 2 is 1.87 bits per heavy atom. The summed E-state index contributed by atoms with van der Waals surface area (Å²) in [7, 11) is 0. The number of benzene rings is 1.